The van der Waals surface area contributed by atoms with Crippen molar-refractivity contribution in [3.63, 3.8) is 0 Å². The van der Waals surface area contributed by atoms with Crippen molar-refractivity contribution in [1.82, 2.24) is 15.3 Å². The van der Waals surface area contributed by atoms with E-state index in [0.717, 1.165) is 11.1 Å². The van der Waals surface area contributed by atoms with E-state index in [0.29, 0.717) is 6.54 Å². The fourth-order valence-corrected chi connectivity index (χ4v) is 2.13. The summed E-state index contributed by atoms with van der Waals surface area (Å²) in [5.74, 6) is -0.784. The molecule has 1 aromatic rings. The summed E-state index contributed by atoms with van der Waals surface area (Å²) in [5.41, 5.74) is 1.98. The number of ether oxygens (including phenoxy) is 1. The summed E-state index contributed by atoms with van der Waals surface area (Å²) >= 11 is 0. The number of urea groups is 1. The first-order chi connectivity index (χ1) is 10.0. The molecule has 2 rings (SSSR count). The van der Waals surface area contributed by atoms with E-state index in [2.05, 4.69) is 10.1 Å². The third-order valence-corrected chi connectivity index (χ3v) is 3.26. The highest BCUT2D eigenvalue weighted by atomic mass is 16.5. The summed E-state index contributed by atoms with van der Waals surface area (Å²) in [6.45, 7) is 1.77. The molecule has 0 fully saturated rings. The Hall–Kier alpha value is -2.57. The average Bonchev–Trinajstić information content (AvgIpc) is 2.50. The van der Waals surface area contributed by atoms with Gasteiger partial charge in [-0.2, -0.15) is 0 Å². The number of esters is 1. The molecule has 0 atom stereocenters. The van der Waals surface area contributed by atoms with Crippen LogP contribution in [0.1, 0.15) is 18.1 Å². The largest absolute Gasteiger partial charge is 0.468 e. The fraction of sp³-hybridized carbons (Fsp3) is 0.357. The highest BCUT2D eigenvalue weighted by molar-refractivity contribution is 5.83. The Morgan fingerprint density at radius 2 is 1.71 bits per heavy atom. The van der Waals surface area contributed by atoms with Crippen LogP contribution in [0.4, 0.5) is 4.79 Å². The Kier molecular flexibility index (Phi) is 4.42. The second kappa shape index (κ2) is 6.25. The highest BCUT2D eigenvalue weighted by Gasteiger charge is 2.29. The summed E-state index contributed by atoms with van der Waals surface area (Å²) in [7, 11) is 1.24. The van der Waals surface area contributed by atoms with E-state index in [1.807, 2.05) is 24.3 Å². The van der Waals surface area contributed by atoms with Gasteiger partial charge in [0, 0.05) is 6.92 Å². The number of amides is 3. The van der Waals surface area contributed by atoms with E-state index in [-0.39, 0.29) is 19.0 Å². The molecule has 0 radical (unpaired) electrons. The van der Waals surface area contributed by atoms with Gasteiger partial charge >= 0.3 is 12.0 Å². The van der Waals surface area contributed by atoms with E-state index in [9.17, 15) is 14.4 Å². The number of carbonyl (C=O) groups is 3. The van der Waals surface area contributed by atoms with Gasteiger partial charge < -0.3 is 10.1 Å². The minimum atomic E-state index is -0.546. The molecule has 7 nitrogen and oxygen atoms in total. The van der Waals surface area contributed by atoms with Crippen LogP contribution in [-0.4, -0.2) is 41.6 Å². The van der Waals surface area contributed by atoms with Gasteiger partial charge in [-0.3, -0.25) is 9.59 Å². The molecule has 0 spiro atoms. The Morgan fingerprint density at radius 1 is 1.14 bits per heavy atom. The molecule has 7 heteroatoms. The number of benzene rings is 1. The van der Waals surface area contributed by atoms with E-state index in [1.165, 1.54) is 24.1 Å². The maximum atomic E-state index is 12.2. The summed E-state index contributed by atoms with van der Waals surface area (Å²) < 4.78 is 4.47. The Bertz CT molecular complexity index is 573. The van der Waals surface area contributed by atoms with Crippen LogP contribution >= 0.6 is 0 Å². The van der Waals surface area contributed by atoms with E-state index in [1.54, 1.807) is 0 Å². The minimum absolute atomic E-state index is 0.237. The van der Waals surface area contributed by atoms with E-state index >= 15 is 0 Å². The number of nitrogens with one attached hydrogen (secondary N) is 1. The molecule has 1 aromatic carbocycles. The Morgan fingerprint density at radius 3 is 2.24 bits per heavy atom. The Balaban J connectivity index is 2.14. The maximum absolute atomic E-state index is 12.2. The van der Waals surface area contributed by atoms with Crippen molar-refractivity contribution in [2.75, 3.05) is 13.7 Å². The van der Waals surface area contributed by atoms with Gasteiger partial charge in [-0.05, 0) is 11.1 Å². The molecule has 21 heavy (non-hydrogen) atoms. The molecule has 0 saturated carbocycles. The average molecular weight is 291 g/mol. The van der Waals surface area contributed by atoms with Crippen molar-refractivity contribution in [3.8, 4) is 0 Å². The van der Waals surface area contributed by atoms with Crippen LogP contribution in [0.5, 0.6) is 0 Å². The second-order valence-electron chi connectivity index (χ2n) is 4.64. The smallest absolute Gasteiger partial charge is 0.337 e. The van der Waals surface area contributed by atoms with Crippen LogP contribution < -0.4 is 5.32 Å². The number of hydrogen-bond donors (Lipinski definition) is 1. The Labute approximate surface area is 122 Å². The first kappa shape index (κ1) is 14.8. The summed E-state index contributed by atoms with van der Waals surface area (Å²) in [5, 5.41) is 5.09. The molecule has 1 aliphatic rings. The lowest BCUT2D eigenvalue weighted by molar-refractivity contribution is -0.145. The van der Waals surface area contributed by atoms with Gasteiger partial charge in [0.05, 0.1) is 20.2 Å². The molecule has 1 N–H and O–H groups in total. The quantitative estimate of drug-likeness (QED) is 0.811. The number of fused-ring (bicyclic) bond motifs is 1. The van der Waals surface area contributed by atoms with Crippen molar-refractivity contribution < 1.29 is 19.1 Å². The topological polar surface area (TPSA) is 79.0 Å². The van der Waals surface area contributed by atoms with Crippen LogP contribution in [0.25, 0.3) is 0 Å². The van der Waals surface area contributed by atoms with Crippen molar-refractivity contribution in [2.45, 2.75) is 20.0 Å². The zero-order valence-electron chi connectivity index (χ0n) is 12.0. The molecule has 1 heterocycles. The van der Waals surface area contributed by atoms with Gasteiger partial charge in [0.25, 0.3) is 0 Å². The zero-order chi connectivity index (χ0) is 15.4. The molecule has 0 aliphatic carbocycles. The van der Waals surface area contributed by atoms with Crippen LogP contribution in [0.2, 0.25) is 0 Å². The molecule has 0 unspecified atom stereocenters. The van der Waals surface area contributed by atoms with Crippen molar-refractivity contribution in [3.05, 3.63) is 35.4 Å². The van der Waals surface area contributed by atoms with Crippen LogP contribution in [0.3, 0.4) is 0 Å². The first-order valence-electron chi connectivity index (χ1n) is 6.50. The van der Waals surface area contributed by atoms with Crippen LogP contribution in [0.15, 0.2) is 24.3 Å². The molecule has 112 valence electrons. The fourth-order valence-electron chi connectivity index (χ4n) is 2.13. The van der Waals surface area contributed by atoms with E-state index < -0.39 is 12.0 Å². The molecular formula is C14H17N3O4. The third-order valence-electron chi connectivity index (χ3n) is 3.26. The summed E-state index contributed by atoms with van der Waals surface area (Å²) in [6.07, 6.45) is 0. The zero-order valence-corrected chi connectivity index (χ0v) is 12.0. The van der Waals surface area contributed by atoms with Gasteiger partial charge in [0.1, 0.15) is 6.54 Å². The molecule has 1 aliphatic heterocycles. The normalized spacial score (nSPS) is 13.4. The number of methoxy groups -OCH3 is 1. The third kappa shape index (κ3) is 3.31. The number of hydrazine groups is 1. The summed E-state index contributed by atoms with van der Waals surface area (Å²) in [4.78, 5) is 35.0. The number of nitrogens with zero attached hydrogens (tertiary/aromatic N) is 2. The molecular weight excluding hydrogens is 274 g/mol. The van der Waals surface area contributed by atoms with Gasteiger partial charge in [0.2, 0.25) is 5.91 Å². The second-order valence-corrected chi connectivity index (χ2v) is 4.64. The molecule has 0 saturated heterocycles. The molecule has 0 bridgehead atoms. The molecule has 0 aromatic heterocycles. The predicted octanol–water partition coefficient (Wildman–Crippen LogP) is 0.648. The monoisotopic (exact) mass is 291 g/mol. The van der Waals surface area contributed by atoms with Gasteiger partial charge in [-0.1, -0.05) is 24.3 Å². The van der Waals surface area contributed by atoms with Crippen molar-refractivity contribution in [1.29, 1.82) is 0 Å². The minimum Gasteiger partial charge on any atom is -0.468 e. The van der Waals surface area contributed by atoms with Gasteiger partial charge in [-0.25, -0.2) is 14.8 Å². The van der Waals surface area contributed by atoms with E-state index in [4.69, 9.17) is 0 Å². The lowest BCUT2D eigenvalue weighted by Crippen LogP contribution is -2.54. The maximum Gasteiger partial charge on any atom is 0.337 e. The lowest BCUT2D eigenvalue weighted by atomic mass is 10.1. The standard InChI is InChI=1S/C14H17N3O4/c1-10(18)16-8-11-5-3-4-6-12(11)9-17(16)14(20)15-7-13(19)21-2/h3-6H,7-9H2,1-2H3,(H,15,20). The highest BCUT2D eigenvalue weighted by Crippen LogP contribution is 2.22. The van der Waals surface area contributed by atoms with Gasteiger partial charge in [0.15, 0.2) is 0 Å². The first-order valence-corrected chi connectivity index (χ1v) is 6.50. The van der Waals surface area contributed by atoms with Gasteiger partial charge in [-0.15, -0.1) is 0 Å². The van der Waals surface area contributed by atoms with Crippen molar-refractivity contribution >= 4 is 17.9 Å². The predicted molar refractivity (Wildman–Crippen MR) is 73.6 cm³/mol. The number of hydrogen-bond acceptors (Lipinski definition) is 4. The van der Waals surface area contributed by atoms with Crippen molar-refractivity contribution in [2.24, 2.45) is 0 Å². The molecule has 3 amide bonds. The lowest BCUT2D eigenvalue weighted by Gasteiger charge is -2.38. The summed E-state index contributed by atoms with van der Waals surface area (Å²) in [6, 6.07) is 7.10. The van der Waals surface area contributed by atoms with Crippen LogP contribution in [-0.2, 0) is 27.4 Å². The number of carbonyl (C=O) groups excluding carboxylic acids is 3. The van der Waals surface area contributed by atoms with Crippen LogP contribution in [0, 0.1) is 0 Å². The SMILES string of the molecule is COC(=O)CNC(=O)N1Cc2ccccc2CN1C(C)=O. The number of rotatable bonds is 2.